The van der Waals surface area contributed by atoms with E-state index in [1.165, 1.54) is 0 Å². The summed E-state index contributed by atoms with van der Waals surface area (Å²) in [5, 5.41) is 0.502. The van der Waals surface area contributed by atoms with Crippen molar-refractivity contribution in [2.45, 2.75) is 13.5 Å². The number of hydrogen-bond donors (Lipinski definition) is 1. The van der Waals surface area contributed by atoms with E-state index in [2.05, 4.69) is 30.9 Å². The van der Waals surface area contributed by atoms with Crippen molar-refractivity contribution in [3.8, 4) is 23.1 Å². The van der Waals surface area contributed by atoms with Gasteiger partial charge in [0.15, 0.2) is 5.82 Å². The number of benzene rings is 2. The molecule has 0 aliphatic carbocycles. The Morgan fingerprint density at radius 3 is 2.77 bits per heavy atom. The lowest BCUT2D eigenvalue weighted by Gasteiger charge is -2.21. The van der Waals surface area contributed by atoms with Gasteiger partial charge in [-0.1, -0.05) is 42.0 Å². The van der Waals surface area contributed by atoms with Crippen LogP contribution in [0.25, 0.3) is 17.0 Å². The first-order valence-electron chi connectivity index (χ1n) is 9.22. The summed E-state index contributed by atoms with van der Waals surface area (Å²) in [6.07, 6.45) is 5.97. The molecule has 6 nitrogen and oxygen atoms in total. The number of nitrogens with zero attached hydrogens (tertiary/aromatic N) is 3. The molecule has 1 aliphatic heterocycles. The summed E-state index contributed by atoms with van der Waals surface area (Å²) in [4.78, 5) is 12.8. The molecule has 0 unspecified atom stereocenters. The van der Waals surface area contributed by atoms with E-state index in [1.54, 1.807) is 6.07 Å². The summed E-state index contributed by atoms with van der Waals surface area (Å²) in [7, 11) is 0. The molecule has 0 amide bonds. The Balaban J connectivity index is 1.77. The molecule has 8 heteroatoms. The van der Waals surface area contributed by atoms with E-state index in [0.717, 1.165) is 21.2 Å². The van der Waals surface area contributed by atoms with Gasteiger partial charge in [0.05, 0.1) is 22.7 Å². The Labute approximate surface area is 187 Å². The molecule has 0 saturated carbocycles. The monoisotopic (exact) mass is 484 g/mol. The number of para-hydroxylation sites is 1. The molecule has 0 spiro atoms. The van der Waals surface area contributed by atoms with E-state index in [-0.39, 0.29) is 12.0 Å². The van der Waals surface area contributed by atoms with Gasteiger partial charge in [0, 0.05) is 5.56 Å². The van der Waals surface area contributed by atoms with Gasteiger partial charge in [-0.05, 0) is 63.8 Å². The molecular formula is C22H18BrClN4O2. The average Bonchev–Trinajstić information content (AvgIpc) is 2.73. The second-order valence-corrected chi connectivity index (χ2v) is 7.79. The van der Waals surface area contributed by atoms with Gasteiger partial charge in [0.25, 0.3) is 0 Å². The van der Waals surface area contributed by atoms with E-state index < -0.39 is 0 Å². The van der Waals surface area contributed by atoms with Crippen molar-refractivity contribution in [2.75, 3.05) is 12.3 Å². The van der Waals surface area contributed by atoms with Gasteiger partial charge in [0.2, 0.25) is 5.95 Å². The van der Waals surface area contributed by atoms with Crippen molar-refractivity contribution < 1.29 is 9.47 Å². The minimum absolute atomic E-state index is 0.0452. The Bertz CT molecular complexity index is 1160. The first-order valence-corrected chi connectivity index (χ1v) is 10.4. The zero-order chi connectivity index (χ0) is 21.1. The molecule has 0 bridgehead atoms. The van der Waals surface area contributed by atoms with Gasteiger partial charge in [-0.15, -0.1) is 0 Å². The van der Waals surface area contributed by atoms with Crippen molar-refractivity contribution in [2.24, 2.45) is 0 Å². The van der Waals surface area contributed by atoms with Crippen molar-refractivity contribution >= 4 is 39.1 Å². The topological polar surface area (TPSA) is 83.2 Å². The van der Waals surface area contributed by atoms with Crippen LogP contribution in [0.4, 0.5) is 5.95 Å². The summed E-state index contributed by atoms with van der Waals surface area (Å²) >= 11 is 10.0. The maximum Gasteiger partial charge on any atom is 0.327 e. The Hall–Kier alpha value is -2.74. The highest BCUT2D eigenvalue weighted by atomic mass is 79.9. The predicted octanol–water partition coefficient (Wildman–Crippen LogP) is 5.82. The van der Waals surface area contributed by atoms with Crippen LogP contribution in [0.3, 0.4) is 0 Å². The number of nitrogen functional groups attached to an aromatic ring is 1. The standard InChI is InChI=1S/C22H18BrClN4O2/c1-2-3-6-13-11-29-12-14-9-18(24)16(10-15(13)14)20-26-21(25)28-22(27-20)30-19-8-5-4-7-17(19)23/h2-10H,11-12H2,1H3,(H2,25,26,27,28)/b3-2-,13-6-. The highest BCUT2D eigenvalue weighted by molar-refractivity contribution is 9.10. The summed E-state index contributed by atoms with van der Waals surface area (Å²) < 4.78 is 12.3. The molecule has 2 heterocycles. The van der Waals surface area contributed by atoms with Crippen LogP contribution in [-0.2, 0) is 11.3 Å². The van der Waals surface area contributed by atoms with E-state index in [0.29, 0.717) is 35.4 Å². The van der Waals surface area contributed by atoms with Gasteiger partial charge in [0.1, 0.15) is 5.75 Å². The van der Waals surface area contributed by atoms with Gasteiger partial charge < -0.3 is 15.2 Å². The van der Waals surface area contributed by atoms with Crippen LogP contribution in [0, 0.1) is 0 Å². The van der Waals surface area contributed by atoms with Crippen LogP contribution < -0.4 is 10.5 Å². The van der Waals surface area contributed by atoms with Crippen LogP contribution in [0.5, 0.6) is 11.8 Å². The number of allylic oxidation sites excluding steroid dienone is 3. The zero-order valence-electron chi connectivity index (χ0n) is 16.1. The number of hydrogen-bond acceptors (Lipinski definition) is 6. The van der Waals surface area contributed by atoms with Gasteiger partial charge in [-0.2, -0.15) is 15.0 Å². The quantitative estimate of drug-likeness (QED) is 0.501. The van der Waals surface area contributed by atoms with E-state index in [1.807, 2.05) is 55.5 Å². The molecule has 30 heavy (non-hydrogen) atoms. The molecule has 2 aromatic carbocycles. The van der Waals surface area contributed by atoms with Crippen LogP contribution in [0.2, 0.25) is 5.02 Å². The first kappa shape index (κ1) is 20.5. The molecule has 2 N–H and O–H groups in total. The fourth-order valence-corrected chi connectivity index (χ4v) is 3.70. The highest BCUT2D eigenvalue weighted by Gasteiger charge is 2.20. The maximum absolute atomic E-state index is 6.56. The van der Waals surface area contributed by atoms with E-state index >= 15 is 0 Å². The lowest BCUT2D eigenvalue weighted by atomic mass is 9.95. The number of rotatable bonds is 4. The number of anilines is 1. The fraction of sp³-hybridized carbons (Fsp3) is 0.136. The number of halogens is 2. The third-order valence-corrected chi connectivity index (χ3v) is 5.42. The normalized spacial score (nSPS) is 14.8. The lowest BCUT2D eigenvalue weighted by Crippen LogP contribution is -2.10. The van der Waals surface area contributed by atoms with Gasteiger partial charge in [-0.3, -0.25) is 0 Å². The molecule has 152 valence electrons. The number of ether oxygens (including phenoxy) is 2. The molecular weight excluding hydrogens is 468 g/mol. The maximum atomic E-state index is 6.56. The smallest absolute Gasteiger partial charge is 0.327 e. The summed E-state index contributed by atoms with van der Waals surface area (Å²) in [5.74, 6) is 0.956. The molecule has 0 saturated heterocycles. The number of nitrogens with two attached hydrogens (primary N) is 1. The Kier molecular flexibility index (Phi) is 6.13. The molecule has 0 fully saturated rings. The highest BCUT2D eigenvalue weighted by Crippen LogP contribution is 2.36. The number of aromatic nitrogens is 3. The van der Waals surface area contributed by atoms with E-state index in [4.69, 9.17) is 26.8 Å². The summed E-state index contributed by atoms with van der Waals surface area (Å²) in [5.41, 5.74) is 9.69. The Morgan fingerprint density at radius 1 is 1.13 bits per heavy atom. The van der Waals surface area contributed by atoms with Crippen LogP contribution in [0.15, 0.2) is 59.1 Å². The van der Waals surface area contributed by atoms with Gasteiger partial charge in [-0.25, -0.2) is 0 Å². The van der Waals surface area contributed by atoms with E-state index in [9.17, 15) is 0 Å². The van der Waals surface area contributed by atoms with Crippen molar-refractivity contribution in [1.29, 1.82) is 0 Å². The molecule has 3 aromatic rings. The third-order valence-electron chi connectivity index (χ3n) is 4.45. The van der Waals surface area contributed by atoms with Crippen LogP contribution in [-0.4, -0.2) is 21.6 Å². The summed E-state index contributed by atoms with van der Waals surface area (Å²) in [6, 6.07) is 11.3. The molecule has 1 aliphatic rings. The van der Waals surface area contributed by atoms with Crippen molar-refractivity contribution in [3.05, 3.63) is 75.2 Å². The minimum Gasteiger partial charge on any atom is -0.423 e. The van der Waals surface area contributed by atoms with Crippen LogP contribution >= 0.6 is 27.5 Å². The average molecular weight is 486 g/mol. The SMILES string of the molecule is C/C=C\C=C1\COCc2cc(Cl)c(-c3nc(N)nc(Oc4ccccc4Br)n3)cc21. The Morgan fingerprint density at radius 2 is 1.97 bits per heavy atom. The van der Waals surface area contributed by atoms with Crippen molar-refractivity contribution in [3.63, 3.8) is 0 Å². The largest absolute Gasteiger partial charge is 0.423 e. The second-order valence-electron chi connectivity index (χ2n) is 6.53. The third kappa shape index (κ3) is 4.38. The molecule has 4 rings (SSSR count). The summed E-state index contributed by atoms with van der Waals surface area (Å²) in [6.45, 7) is 2.99. The van der Waals surface area contributed by atoms with Crippen LogP contribution in [0.1, 0.15) is 18.1 Å². The first-order chi connectivity index (χ1) is 14.5. The van der Waals surface area contributed by atoms with Gasteiger partial charge >= 0.3 is 6.01 Å². The fourth-order valence-electron chi connectivity index (χ4n) is 3.07. The predicted molar refractivity (Wildman–Crippen MR) is 121 cm³/mol. The minimum atomic E-state index is 0.0452. The second kappa shape index (κ2) is 8.95. The van der Waals surface area contributed by atoms with Crippen molar-refractivity contribution in [1.82, 2.24) is 15.0 Å². The molecule has 0 radical (unpaired) electrons. The molecule has 1 aromatic heterocycles. The lowest BCUT2D eigenvalue weighted by molar-refractivity contribution is 0.146. The number of fused-ring (bicyclic) bond motifs is 1. The molecule has 0 atom stereocenters. The zero-order valence-corrected chi connectivity index (χ0v) is 18.4.